The number of fused-ring (bicyclic) bond motifs is 6. The highest BCUT2D eigenvalue weighted by Crippen LogP contribution is 2.38. The Morgan fingerprint density at radius 2 is 0.840 bits per heavy atom. The number of hydrogen-bond acceptors (Lipinski definition) is 2. The van der Waals surface area contributed by atoms with Crippen molar-refractivity contribution in [2.24, 2.45) is 4.99 Å². The van der Waals surface area contributed by atoms with Gasteiger partial charge < -0.3 is 14.5 Å². The molecule has 0 radical (unpaired) electrons. The molecular formula is C46H32N4. The zero-order valence-electron chi connectivity index (χ0n) is 27.2. The van der Waals surface area contributed by atoms with Crippen molar-refractivity contribution in [2.45, 2.75) is 6.04 Å². The Morgan fingerprint density at radius 1 is 0.420 bits per heavy atom. The predicted octanol–water partition coefficient (Wildman–Crippen LogP) is 11.0. The Kier molecular flexibility index (Phi) is 6.53. The first kappa shape index (κ1) is 28.4. The topological polar surface area (TPSA) is 34.2 Å². The fourth-order valence-corrected chi connectivity index (χ4v) is 7.68. The van der Waals surface area contributed by atoms with Gasteiger partial charge in [0, 0.05) is 44.0 Å². The highest BCUT2D eigenvalue weighted by molar-refractivity contribution is 6.11. The van der Waals surface area contributed by atoms with E-state index in [0.717, 1.165) is 34.0 Å². The first-order valence-electron chi connectivity index (χ1n) is 17.1. The molecule has 7 aromatic carbocycles. The molecule has 1 N–H and O–H groups in total. The number of hydrogen-bond donors (Lipinski definition) is 1. The average molecular weight is 641 g/mol. The molecule has 1 unspecified atom stereocenters. The van der Waals surface area contributed by atoms with Crippen LogP contribution in [0.1, 0.15) is 22.7 Å². The monoisotopic (exact) mass is 640 g/mol. The second-order valence-electron chi connectivity index (χ2n) is 12.9. The van der Waals surface area contributed by atoms with Crippen LogP contribution in [0, 0.1) is 0 Å². The van der Waals surface area contributed by atoms with E-state index in [1.807, 2.05) is 6.07 Å². The molecule has 50 heavy (non-hydrogen) atoms. The Bertz CT molecular complexity index is 2550. The number of rotatable bonds is 5. The van der Waals surface area contributed by atoms with Crippen LogP contribution in [0.2, 0.25) is 0 Å². The fourth-order valence-electron chi connectivity index (χ4n) is 7.68. The van der Waals surface area contributed by atoms with Gasteiger partial charge in [-0.1, -0.05) is 133 Å². The van der Waals surface area contributed by atoms with E-state index >= 15 is 0 Å². The molecule has 2 aromatic heterocycles. The molecule has 4 nitrogen and oxygen atoms in total. The van der Waals surface area contributed by atoms with Crippen molar-refractivity contribution in [1.82, 2.24) is 14.5 Å². The summed E-state index contributed by atoms with van der Waals surface area (Å²) in [5.41, 5.74) is 11.1. The molecule has 0 saturated carbocycles. The molecule has 1 aliphatic rings. The Balaban J connectivity index is 1.28. The number of para-hydroxylation sites is 4. The van der Waals surface area contributed by atoms with Crippen LogP contribution in [0.15, 0.2) is 187 Å². The van der Waals surface area contributed by atoms with Gasteiger partial charge >= 0.3 is 0 Å². The van der Waals surface area contributed by atoms with Crippen LogP contribution in [-0.4, -0.2) is 15.0 Å². The maximum absolute atomic E-state index is 5.34. The van der Waals surface area contributed by atoms with Crippen LogP contribution in [0.4, 0.5) is 0 Å². The molecule has 1 aliphatic heterocycles. The number of benzene rings is 7. The molecule has 4 heteroatoms. The van der Waals surface area contributed by atoms with E-state index < -0.39 is 0 Å². The van der Waals surface area contributed by atoms with E-state index in [-0.39, 0.29) is 6.04 Å². The average Bonchev–Trinajstić information content (AvgIpc) is 3.71. The lowest BCUT2D eigenvalue weighted by Crippen LogP contribution is -2.31. The minimum Gasteiger partial charge on any atom is -0.359 e. The van der Waals surface area contributed by atoms with Crippen molar-refractivity contribution in [3.63, 3.8) is 0 Å². The number of nitrogens with one attached hydrogen (secondary N) is 1. The Hall–Kier alpha value is -6.65. The van der Waals surface area contributed by atoms with E-state index in [4.69, 9.17) is 4.99 Å². The van der Waals surface area contributed by atoms with Crippen molar-refractivity contribution < 1.29 is 0 Å². The van der Waals surface area contributed by atoms with Crippen LogP contribution in [0.5, 0.6) is 0 Å². The zero-order chi connectivity index (χ0) is 33.0. The lowest BCUT2D eigenvalue weighted by molar-refractivity contribution is 0.781. The second kappa shape index (κ2) is 11.5. The third-order valence-electron chi connectivity index (χ3n) is 9.93. The normalized spacial score (nSPS) is 14.6. The van der Waals surface area contributed by atoms with Gasteiger partial charge in [-0.3, -0.25) is 0 Å². The summed E-state index contributed by atoms with van der Waals surface area (Å²) in [6.07, 6.45) is 2.27. The van der Waals surface area contributed by atoms with Crippen LogP contribution < -0.4 is 5.32 Å². The van der Waals surface area contributed by atoms with Crippen molar-refractivity contribution in [1.29, 1.82) is 0 Å². The predicted molar refractivity (Wildman–Crippen MR) is 208 cm³/mol. The smallest absolute Gasteiger partial charge is 0.134 e. The van der Waals surface area contributed by atoms with E-state index in [0.29, 0.717) is 0 Å². The van der Waals surface area contributed by atoms with Crippen molar-refractivity contribution in [3.8, 4) is 11.4 Å². The second-order valence-corrected chi connectivity index (χ2v) is 12.9. The molecule has 0 saturated heterocycles. The molecule has 3 heterocycles. The summed E-state index contributed by atoms with van der Waals surface area (Å²) < 4.78 is 4.81. The largest absolute Gasteiger partial charge is 0.359 e. The third kappa shape index (κ3) is 4.57. The van der Waals surface area contributed by atoms with Crippen LogP contribution in [0.25, 0.3) is 60.7 Å². The van der Waals surface area contributed by atoms with Gasteiger partial charge in [0.2, 0.25) is 0 Å². The summed E-state index contributed by atoms with van der Waals surface area (Å²) >= 11 is 0. The SMILES string of the molecule is C1=C(c2cc(-n3c4ccccc4c4ccccc43)cc(-n3c4ccccc4c4ccccc43)c2)N=C(c2ccccc2)NC1c1ccccc1. The summed E-state index contributed by atoms with van der Waals surface area (Å²) in [6.45, 7) is 0. The van der Waals surface area contributed by atoms with Gasteiger partial charge in [0.05, 0.1) is 33.8 Å². The highest BCUT2D eigenvalue weighted by atomic mass is 15.1. The first-order valence-corrected chi connectivity index (χ1v) is 17.1. The van der Waals surface area contributed by atoms with Crippen LogP contribution in [0.3, 0.4) is 0 Å². The molecule has 0 amide bonds. The lowest BCUT2D eigenvalue weighted by Gasteiger charge is -2.25. The van der Waals surface area contributed by atoms with E-state index in [1.54, 1.807) is 0 Å². The number of aliphatic imine (C=N–C) groups is 1. The Labute approximate surface area is 289 Å². The maximum Gasteiger partial charge on any atom is 0.134 e. The molecule has 236 valence electrons. The van der Waals surface area contributed by atoms with E-state index in [2.05, 4.69) is 190 Å². The van der Waals surface area contributed by atoms with Gasteiger partial charge in [0.1, 0.15) is 5.84 Å². The van der Waals surface area contributed by atoms with Gasteiger partial charge in [-0.2, -0.15) is 0 Å². The molecule has 0 bridgehead atoms. The molecular weight excluding hydrogens is 609 g/mol. The van der Waals surface area contributed by atoms with Gasteiger partial charge in [-0.15, -0.1) is 0 Å². The van der Waals surface area contributed by atoms with E-state index in [1.165, 1.54) is 49.2 Å². The lowest BCUT2D eigenvalue weighted by atomic mass is 9.99. The first-order chi connectivity index (χ1) is 24.8. The van der Waals surface area contributed by atoms with Gasteiger partial charge in [-0.05, 0) is 54.1 Å². The van der Waals surface area contributed by atoms with Crippen LogP contribution >= 0.6 is 0 Å². The molecule has 0 spiro atoms. The zero-order valence-corrected chi connectivity index (χ0v) is 27.2. The minimum atomic E-state index is -0.0486. The quantitative estimate of drug-likeness (QED) is 0.200. The third-order valence-corrected chi connectivity index (χ3v) is 9.93. The summed E-state index contributed by atoms with van der Waals surface area (Å²) in [6, 6.07) is 62.8. The summed E-state index contributed by atoms with van der Waals surface area (Å²) in [4.78, 5) is 5.34. The summed E-state index contributed by atoms with van der Waals surface area (Å²) in [7, 11) is 0. The highest BCUT2D eigenvalue weighted by Gasteiger charge is 2.22. The summed E-state index contributed by atoms with van der Waals surface area (Å²) in [5.74, 6) is 0.859. The minimum absolute atomic E-state index is 0.0486. The van der Waals surface area contributed by atoms with Gasteiger partial charge in [-0.25, -0.2) is 4.99 Å². The van der Waals surface area contributed by atoms with Gasteiger partial charge in [0.15, 0.2) is 0 Å². The Morgan fingerprint density at radius 3 is 1.32 bits per heavy atom. The molecule has 1 atom stereocenters. The fraction of sp³-hybridized carbons (Fsp3) is 0.0217. The standard InChI is InChI=1S/C46H32N4/c1-3-15-31(16-4-1)40-30-41(48-46(47-40)32-17-5-2-6-18-32)33-27-34(49-42-23-11-7-19-36(42)37-20-8-12-24-43(37)49)29-35(28-33)50-44-25-13-9-21-38(44)39-22-10-14-26-45(39)50/h1-30,40H,(H,47,48). The maximum atomic E-state index is 5.34. The molecule has 0 aliphatic carbocycles. The molecule has 0 fully saturated rings. The van der Waals surface area contributed by atoms with Gasteiger partial charge in [0.25, 0.3) is 0 Å². The number of nitrogens with zero attached hydrogens (tertiary/aromatic N) is 3. The number of aromatic nitrogens is 2. The molecule has 10 rings (SSSR count). The summed E-state index contributed by atoms with van der Waals surface area (Å²) in [5, 5.41) is 8.68. The van der Waals surface area contributed by atoms with Crippen LogP contribution in [-0.2, 0) is 0 Å². The van der Waals surface area contributed by atoms with Crippen molar-refractivity contribution >= 4 is 55.1 Å². The van der Waals surface area contributed by atoms with Crippen molar-refractivity contribution in [3.05, 3.63) is 199 Å². The number of amidine groups is 1. The van der Waals surface area contributed by atoms with E-state index in [9.17, 15) is 0 Å². The molecule has 9 aromatic rings. The van der Waals surface area contributed by atoms with Crippen molar-refractivity contribution in [2.75, 3.05) is 0 Å².